The van der Waals surface area contributed by atoms with Crippen LogP contribution in [0, 0.1) is 5.92 Å². The predicted octanol–water partition coefficient (Wildman–Crippen LogP) is 1.57. The summed E-state index contributed by atoms with van der Waals surface area (Å²) in [5, 5.41) is 0. The van der Waals surface area contributed by atoms with Gasteiger partial charge in [0.25, 0.3) is 0 Å². The molecule has 1 aliphatic rings. The number of ether oxygens (including phenoxy) is 1. The Bertz CT molecular complexity index is 417. The molecule has 1 fully saturated rings. The first-order valence-electron chi connectivity index (χ1n) is 7.37. The zero-order valence-corrected chi connectivity index (χ0v) is 12.3. The molecule has 7 nitrogen and oxygen atoms in total. The van der Waals surface area contributed by atoms with Crippen molar-refractivity contribution in [3.05, 3.63) is 0 Å². The van der Waals surface area contributed by atoms with E-state index in [0.717, 1.165) is 13.1 Å². The van der Waals surface area contributed by atoms with Crippen molar-refractivity contribution < 1.29 is 4.74 Å². The molecule has 0 radical (unpaired) electrons. The number of aromatic nitrogens is 3. The summed E-state index contributed by atoms with van der Waals surface area (Å²) in [5.74, 6) is 6.97. The van der Waals surface area contributed by atoms with Crippen LogP contribution in [0.2, 0.25) is 0 Å². The van der Waals surface area contributed by atoms with E-state index < -0.39 is 0 Å². The highest BCUT2D eigenvalue weighted by molar-refractivity contribution is 5.37. The van der Waals surface area contributed by atoms with Crippen molar-refractivity contribution >= 4 is 11.9 Å². The Morgan fingerprint density at radius 1 is 1.20 bits per heavy atom. The number of nitrogens with one attached hydrogen (secondary N) is 1. The van der Waals surface area contributed by atoms with E-state index in [-0.39, 0.29) is 0 Å². The standard InChI is InChI=1S/C13H24N6O/c1-3-19(4-2)12-15-11(18-14)16-13(17-12)20-9-10-7-5-6-8-10/h10H,3-9,14H2,1-2H3,(H,15,16,17,18). The molecule has 0 unspecified atom stereocenters. The topological polar surface area (TPSA) is 89.2 Å². The highest BCUT2D eigenvalue weighted by Crippen LogP contribution is 2.25. The summed E-state index contributed by atoms with van der Waals surface area (Å²) in [6.45, 7) is 6.44. The minimum Gasteiger partial charge on any atom is -0.463 e. The second-order valence-electron chi connectivity index (χ2n) is 5.02. The largest absolute Gasteiger partial charge is 0.463 e. The molecular formula is C13H24N6O. The van der Waals surface area contributed by atoms with Gasteiger partial charge in [0.1, 0.15) is 0 Å². The van der Waals surface area contributed by atoms with Crippen LogP contribution in [-0.2, 0) is 0 Å². The molecule has 1 aliphatic carbocycles. The lowest BCUT2D eigenvalue weighted by Crippen LogP contribution is -2.26. The molecule has 0 saturated heterocycles. The highest BCUT2D eigenvalue weighted by Gasteiger charge is 2.17. The molecule has 0 spiro atoms. The summed E-state index contributed by atoms with van der Waals surface area (Å²) in [4.78, 5) is 14.8. The summed E-state index contributed by atoms with van der Waals surface area (Å²) < 4.78 is 5.73. The molecule has 0 bridgehead atoms. The molecular weight excluding hydrogens is 256 g/mol. The first-order valence-corrected chi connectivity index (χ1v) is 7.37. The van der Waals surface area contributed by atoms with Gasteiger partial charge in [-0.2, -0.15) is 15.0 Å². The van der Waals surface area contributed by atoms with Gasteiger partial charge in [-0.3, -0.25) is 5.43 Å². The number of nitrogen functional groups attached to an aromatic ring is 1. The molecule has 2 rings (SSSR count). The number of nitrogens with zero attached hydrogens (tertiary/aromatic N) is 4. The third-order valence-corrected chi connectivity index (χ3v) is 3.70. The molecule has 1 heterocycles. The van der Waals surface area contributed by atoms with E-state index in [9.17, 15) is 0 Å². The second-order valence-corrected chi connectivity index (χ2v) is 5.02. The summed E-state index contributed by atoms with van der Waals surface area (Å²) >= 11 is 0. The van der Waals surface area contributed by atoms with Gasteiger partial charge >= 0.3 is 6.01 Å². The summed E-state index contributed by atoms with van der Waals surface area (Å²) in [6, 6.07) is 0.349. The van der Waals surface area contributed by atoms with Crippen LogP contribution in [0.3, 0.4) is 0 Å². The van der Waals surface area contributed by atoms with E-state index in [1.165, 1.54) is 25.7 Å². The summed E-state index contributed by atoms with van der Waals surface area (Å²) in [5.41, 5.74) is 2.47. The van der Waals surface area contributed by atoms with Crippen LogP contribution in [0.4, 0.5) is 11.9 Å². The van der Waals surface area contributed by atoms with Gasteiger partial charge in [-0.1, -0.05) is 12.8 Å². The zero-order chi connectivity index (χ0) is 14.4. The van der Waals surface area contributed by atoms with Gasteiger partial charge < -0.3 is 9.64 Å². The van der Waals surface area contributed by atoms with Crippen LogP contribution in [0.15, 0.2) is 0 Å². The first-order chi connectivity index (χ1) is 9.76. The Balaban J connectivity index is 2.08. The van der Waals surface area contributed by atoms with E-state index in [2.05, 4.69) is 34.2 Å². The first kappa shape index (κ1) is 14.8. The molecule has 0 aliphatic heterocycles. The third kappa shape index (κ3) is 3.69. The maximum absolute atomic E-state index is 5.73. The number of rotatable bonds is 7. The number of anilines is 2. The monoisotopic (exact) mass is 280 g/mol. The Hall–Kier alpha value is -1.63. The van der Waals surface area contributed by atoms with Crippen molar-refractivity contribution in [1.82, 2.24) is 15.0 Å². The van der Waals surface area contributed by atoms with Crippen LogP contribution in [0.1, 0.15) is 39.5 Å². The van der Waals surface area contributed by atoms with Gasteiger partial charge in [-0.25, -0.2) is 5.84 Å². The average Bonchev–Trinajstić information content (AvgIpc) is 2.99. The minimum atomic E-state index is 0.336. The van der Waals surface area contributed by atoms with Gasteiger partial charge in [-0.05, 0) is 32.6 Å². The van der Waals surface area contributed by atoms with Crippen LogP contribution in [0.5, 0.6) is 6.01 Å². The lowest BCUT2D eigenvalue weighted by Gasteiger charge is -2.19. The van der Waals surface area contributed by atoms with E-state index in [0.29, 0.717) is 30.4 Å². The molecule has 112 valence electrons. The quantitative estimate of drug-likeness (QED) is 0.579. The molecule has 0 aromatic carbocycles. The fourth-order valence-corrected chi connectivity index (χ4v) is 2.49. The number of hydrogen-bond acceptors (Lipinski definition) is 7. The normalized spacial score (nSPS) is 15.3. The van der Waals surface area contributed by atoms with Crippen molar-refractivity contribution in [1.29, 1.82) is 0 Å². The van der Waals surface area contributed by atoms with Crippen LogP contribution >= 0.6 is 0 Å². The molecule has 0 amide bonds. The molecule has 20 heavy (non-hydrogen) atoms. The smallest absolute Gasteiger partial charge is 0.323 e. The number of hydrazine groups is 1. The van der Waals surface area contributed by atoms with E-state index in [1.54, 1.807) is 0 Å². The lowest BCUT2D eigenvalue weighted by molar-refractivity contribution is 0.234. The molecule has 1 saturated carbocycles. The van der Waals surface area contributed by atoms with Crippen molar-refractivity contribution in [3.63, 3.8) is 0 Å². The zero-order valence-electron chi connectivity index (χ0n) is 12.3. The fourth-order valence-electron chi connectivity index (χ4n) is 2.49. The summed E-state index contributed by atoms with van der Waals surface area (Å²) in [7, 11) is 0. The van der Waals surface area contributed by atoms with Crippen molar-refractivity contribution in [2.24, 2.45) is 11.8 Å². The molecule has 1 aromatic rings. The van der Waals surface area contributed by atoms with Gasteiger partial charge in [-0.15, -0.1) is 0 Å². The maximum Gasteiger partial charge on any atom is 0.323 e. The molecule has 7 heteroatoms. The highest BCUT2D eigenvalue weighted by atomic mass is 16.5. The minimum absolute atomic E-state index is 0.336. The summed E-state index contributed by atoms with van der Waals surface area (Å²) in [6.07, 6.45) is 5.06. The van der Waals surface area contributed by atoms with E-state index >= 15 is 0 Å². The van der Waals surface area contributed by atoms with Gasteiger partial charge in [0, 0.05) is 13.1 Å². The van der Waals surface area contributed by atoms with Crippen LogP contribution in [0.25, 0.3) is 0 Å². The van der Waals surface area contributed by atoms with E-state index in [1.807, 2.05) is 4.90 Å². The lowest BCUT2D eigenvalue weighted by atomic mass is 10.1. The van der Waals surface area contributed by atoms with Gasteiger partial charge in [0.15, 0.2) is 0 Å². The average molecular weight is 280 g/mol. The van der Waals surface area contributed by atoms with Crippen LogP contribution in [-0.4, -0.2) is 34.6 Å². The Morgan fingerprint density at radius 2 is 1.90 bits per heavy atom. The molecule has 1 aromatic heterocycles. The Morgan fingerprint density at radius 3 is 2.50 bits per heavy atom. The van der Waals surface area contributed by atoms with Crippen molar-refractivity contribution in [2.75, 3.05) is 30.0 Å². The molecule has 3 N–H and O–H groups in total. The Labute approximate surface area is 119 Å². The number of hydrogen-bond donors (Lipinski definition) is 2. The van der Waals surface area contributed by atoms with Crippen molar-refractivity contribution in [3.8, 4) is 6.01 Å². The van der Waals surface area contributed by atoms with Gasteiger partial charge in [0.2, 0.25) is 11.9 Å². The fraction of sp³-hybridized carbons (Fsp3) is 0.769. The maximum atomic E-state index is 5.73. The van der Waals surface area contributed by atoms with E-state index in [4.69, 9.17) is 10.6 Å². The Kier molecular flexibility index (Phi) is 5.34. The predicted molar refractivity (Wildman–Crippen MR) is 78.7 cm³/mol. The number of nitrogens with two attached hydrogens (primary N) is 1. The van der Waals surface area contributed by atoms with Crippen LogP contribution < -0.4 is 20.9 Å². The van der Waals surface area contributed by atoms with Crippen molar-refractivity contribution in [2.45, 2.75) is 39.5 Å². The second kappa shape index (κ2) is 7.23. The third-order valence-electron chi connectivity index (χ3n) is 3.70. The van der Waals surface area contributed by atoms with Gasteiger partial charge in [0.05, 0.1) is 6.61 Å². The SMILES string of the molecule is CCN(CC)c1nc(NN)nc(OCC2CCCC2)n1. The molecule has 0 atom stereocenters.